The lowest BCUT2D eigenvalue weighted by Crippen LogP contribution is -2.16. The van der Waals surface area contributed by atoms with Crippen molar-refractivity contribution in [2.45, 2.75) is 57.0 Å². The Balaban J connectivity index is 1.81. The van der Waals surface area contributed by atoms with Crippen molar-refractivity contribution in [3.05, 3.63) is 22.5 Å². The average Bonchev–Trinajstić information content (AvgIpc) is 3.15. The van der Waals surface area contributed by atoms with Crippen LogP contribution >= 0.6 is 11.8 Å². The number of Topliss-reactive ketones (excluding diaryl/α,β-unsaturated/α-hetero) is 2. The first-order valence-electron chi connectivity index (χ1n) is 7.59. The van der Waals surface area contributed by atoms with Gasteiger partial charge in [0.2, 0.25) is 5.16 Å². The van der Waals surface area contributed by atoms with Gasteiger partial charge in [-0.25, -0.2) is 4.68 Å². The molecule has 0 amide bonds. The minimum absolute atomic E-state index is 0.0340. The van der Waals surface area contributed by atoms with Crippen molar-refractivity contribution in [2.24, 2.45) is 0 Å². The van der Waals surface area contributed by atoms with E-state index in [1.807, 2.05) is 13.8 Å². The summed E-state index contributed by atoms with van der Waals surface area (Å²) in [6.07, 6.45) is 2.16. The van der Waals surface area contributed by atoms with E-state index in [4.69, 9.17) is 0 Å². The molecule has 0 unspecified atom stereocenters. The van der Waals surface area contributed by atoms with Crippen LogP contribution in [-0.2, 0) is 0 Å². The zero-order valence-corrected chi connectivity index (χ0v) is 14.4. The summed E-state index contributed by atoms with van der Waals surface area (Å²) in [5.74, 6) is -0.0817. The lowest BCUT2D eigenvalue weighted by Gasteiger charge is -2.09. The maximum atomic E-state index is 12.7. The molecule has 2 aromatic heterocycles. The lowest BCUT2D eigenvalue weighted by molar-refractivity contribution is 0.0988. The van der Waals surface area contributed by atoms with E-state index in [1.54, 1.807) is 11.6 Å². The summed E-state index contributed by atoms with van der Waals surface area (Å²) < 4.78 is 1.79. The summed E-state index contributed by atoms with van der Waals surface area (Å²) in [7, 11) is 0. The summed E-state index contributed by atoms with van der Waals surface area (Å²) in [5.41, 5.74) is 2.55. The van der Waals surface area contributed by atoms with E-state index < -0.39 is 0 Å². The monoisotopic (exact) mass is 333 g/mol. The van der Waals surface area contributed by atoms with E-state index in [2.05, 4.69) is 20.5 Å². The second-order valence-electron chi connectivity index (χ2n) is 5.94. The fourth-order valence-electron chi connectivity index (χ4n) is 2.75. The van der Waals surface area contributed by atoms with Crippen molar-refractivity contribution in [3.8, 4) is 0 Å². The third-order valence-corrected chi connectivity index (χ3v) is 5.09. The molecular weight excluding hydrogens is 314 g/mol. The zero-order valence-electron chi connectivity index (χ0n) is 13.6. The van der Waals surface area contributed by atoms with Gasteiger partial charge in [0.1, 0.15) is 0 Å². The van der Waals surface area contributed by atoms with E-state index in [0.717, 1.165) is 18.5 Å². The number of hydrogen-bond donors (Lipinski definition) is 1. The van der Waals surface area contributed by atoms with Gasteiger partial charge in [-0.05, 0) is 56.5 Å². The van der Waals surface area contributed by atoms with Crippen LogP contribution in [0.25, 0.3) is 0 Å². The minimum Gasteiger partial charge on any atom is -0.355 e. The number of H-pyrrole nitrogens is 1. The first-order valence-corrected chi connectivity index (χ1v) is 8.47. The lowest BCUT2D eigenvalue weighted by atomic mass is 10.0. The Kier molecular flexibility index (Phi) is 4.09. The molecule has 1 atom stereocenters. The molecule has 0 bridgehead atoms. The molecule has 122 valence electrons. The Hall–Kier alpha value is -1.96. The Labute approximate surface area is 138 Å². The molecule has 1 fully saturated rings. The predicted octanol–water partition coefficient (Wildman–Crippen LogP) is 2.52. The topological polar surface area (TPSA) is 93.5 Å². The number of nitrogens with zero attached hydrogens (tertiary/aromatic N) is 4. The van der Waals surface area contributed by atoms with Crippen LogP contribution in [0.3, 0.4) is 0 Å². The van der Waals surface area contributed by atoms with Gasteiger partial charge in [-0.3, -0.25) is 9.59 Å². The molecule has 0 saturated heterocycles. The number of thioether (sulfide) groups is 1. The molecule has 2 aromatic rings. The van der Waals surface area contributed by atoms with Gasteiger partial charge in [-0.1, -0.05) is 11.8 Å². The SMILES string of the molecule is CC(=O)c1c(C)[nH]c(C(=O)[C@H](C)Sc2nnnn2C2CC2)c1C. The van der Waals surface area contributed by atoms with Crippen molar-refractivity contribution in [3.63, 3.8) is 0 Å². The number of nitrogens with one attached hydrogen (secondary N) is 1. The second kappa shape index (κ2) is 5.92. The normalized spacial score (nSPS) is 15.7. The van der Waals surface area contributed by atoms with Gasteiger partial charge >= 0.3 is 0 Å². The van der Waals surface area contributed by atoms with E-state index in [9.17, 15) is 9.59 Å². The van der Waals surface area contributed by atoms with Crippen LogP contribution in [0.1, 0.15) is 64.8 Å². The van der Waals surface area contributed by atoms with Crippen LogP contribution in [0.2, 0.25) is 0 Å². The third kappa shape index (κ3) is 2.95. The van der Waals surface area contributed by atoms with Crippen LogP contribution in [0.5, 0.6) is 0 Å². The highest BCUT2D eigenvalue weighted by molar-refractivity contribution is 8.00. The maximum Gasteiger partial charge on any atom is 0.210 e. The number of aromatic nitrogens is 5. The van der Waals surface area contributed by atoms with Crippen molar-refractivity contribution in [1.29, 1.82) is 0 Å². The molecular formula is C15H19N5O2S. The molecule has 0 radical (unpaired) electrons. The van der Waals surface area contributed by atoms with Gasteiger partial charge in [0.05, 0.1) is 17.0 Å². The first kappa shape index (κ1) is 15.9. The Morgan fingerprint density at radius 1 is 1.35 bits per heavy atom. The van der Waals surface area contributed by atoms with Gasteiger partial charge in [0.15, 0.2) is 11.6 Å². The predicted molar refractivity (Wildman–Crippen MR) is 86.0 cm³/mol. The summed E-state index contributed by atoms with van der Waals surface area (Å²) in [6.45, 7) is 6.96. The Morgan fingerprint density at radius 2 is 2.04 bits per heavy atom. The number of carbonyl (C=O) groups excluding carboxylic acids is 2. The highest BCUT2D eigenvalue weighted by Gasteiger charge is 2.30. The van der Waals surface area contributed by atoms with E-state index in [-0.39, 0.29) is 16.8 Å². The van der Waals surface area contributed by atoms with Crippen molar-refractivity contribution in [2.75, 3.05) is 0 Å². The zero-order chi connectivity index (χ0) is 16.7. The van der Waals surface area contributed by atoms with Gasteiger partial charge in [0.25, 0.3) is 0 Å². The number of rotatable bonds is 6. The molecule has 0 aliphatic heterocycles. The van der Waals surface area contributed by atoms with Crippen molar-refractivity contribution in [1.82, 2.24) is 25.2 Å². The number of aryl methyl sites for hydroxylation is 1. The van der Waals surface area contributed by atoms with Crippen molar-refractivity contribution < 1.29 is 9.59 Å². The number of ketones is 2. The Morgan fingerprint density at radius 3 is 2.61 bits per heavy atom. The average molecular weight is 333 g/mol. The number of hydrogen-bond acceptors (Lipinski definition) is 6. The van der Waals surface area contributed by atoms with Gasteiger partial charge in [-0.15, -0.1) is 5.10 Å². The number of tetrazole rings is 1. The summed E-state index contributed by atoms with van der Waals surface area (Å²) >= 11 is 1.35. The molecule has 0 spiro atoms. The quantitative estimate of drug-likeness (QED) is 0.645. The Bertz CT molecular complexity index is 775. The molecule has 0 aromatic carbocycles. The standard InChI is InChI=1S/C15H19N5O2S/c1-7-12(9(3)21)8(2)16-13(7)14(22)10(4)23-15-17-18-19-20(15)11-5-6-11/h10-11,16H,5-6H2,1-4H3/t10-/m0/s1. The van der Waals surface area contributed by atoms with Crippen molar-refractivity contribution >= 4 is 23.3 Å². The van der Waals surface area contributed by atoms with Crippen LogP contribution in [0.15, 0.2) is 5.16 Å². The van der Waals surface area contributed by atoms with Crippen LogP contribution in [-0.4, -0.2) is 42.0 Å². The highest BCUT2D eigenvalue weighted by atomic mass is 32.2. The summed E-state index contributed by atoms with van der Waals surface area (Å²) in [6, 6.07) is 0.369. The minimum atomic E-state index is -0.338. The van der Waals surface area contributed by atoms with E-state index in [0.29, 0.717) is 28.0 Å². The van der Waals surface area contributed by atoms with Crippen LogP contribution in [0.4, 0.5) is 0 Å². The summed E-state index contributed by atoms with van der Waals surface area (Å²) in [4.78, 5) is 27.5. The van der Waals surface area contributed by atoms with Crippen LogP contribution < -0.4 is 0 Å². The largest absolute Gasteiger partial charge is 0.355 e. The highest BCUT2D eigenvalue weighted by Crippen LogP contribution is 2.37. The number of aromatic amines is 1. The fraction of sp³-hybridized carbons (Fsp3) is 0.533. The molecule has 1 aliphatic carbocycles. The molecule has 3 rings (SSSR count). The molecule has 2 heterocycles. The molecule has 8 heteroatoms. The van der Waals surface area contributed by atoms with E-state index in [1.165, 1.54) is 18.7 Å². The molecule has 1 saturated carbocycles. The van der Waals surface area contributed by atoms with Gasteiger partial charge in [-0.2, -0.15) is 0 Å². The van der Waals surface area contributed by atoms with Gasteiger partial charge < -0.3 is 4.98 Å². The first-order chi connectivity index (χ1) is 10.9. The van der Waals surface area contributed by atoms with E-state index >= 15 is 0 Å². The third-order valence-electron chi connectivity index (χ3n) is 4.04. The molecule has 1 N–H and O–H groups in total. The number of carbonyl (C=O) groups is 2. The van der Waals surface area contributed by atoms with Gasteiger partial charge in [0, 0.05) is 11.3 Å². The maximum absolute atomic E-state index is 12.7. The molecule has 1 aliphatic rings. The van der Waals surface area contributed by atoms with Crippen LogP contribution in [0, 0.1) is 13.8 Å². The fourth-order valence-corrected chi connectivity index (χ4v) is 3.67. The summed E-state index contributed by atoms with van der Waals surface area (Å²) in [5, 5.41) is 12.0. The molecule has 23 heavy (non-hydrogen) atoms. The molecule has 7 nitrogen and oxygen atoms in total. The smallest absolute Gasteiger partial charge is 0.210 e. The second-order valence-corrected chi connectivity index (χ2v) is 7.25.